The lowest BCUT2D eigenvalue weighted by atomic mass is 10.1. The van der Waals surface area contributed by atoms with Gasteiger partial charge in [-0.25, -0.2) is 4.39 Å². The van der Waals surface area contributed by atoms with E-state index in [1.54, 1.807) is 29.2 Å². The minimum Gasteiger partial charge on any atom is -0.379 e. The molecule has 0 atom stereocenters. The maximum Gasteiger partial charge on any atom is 0.339 e. The molecule has 162 valence electrons. The van der Waals surface area contributed by atoms with Gasteiger partial charge in [0, 0.05) is 18.2 Å². The Morgan fingerprint density at radius 3 is 2.32 bits per heavy atom. The monoisotopic (exact) mass is 441 g/mol. The molecule has 3 aromatic carbocycles. The first-order chi connectivity index (χ1) is 14.7. The smallest absolute Gasteiger partial charge is 0.339 e. The molecule has 5 nitrogen and oxygen atoms in total. The van der Waals surface area contributed by atoms with Crippen molar-refractivity contribution in [2.45, 2.75) is 38.3 Å². The molecule has 0 spiro atoms. The fraction of sp³-hybridized carbons (Fsp3) is 0.208. The third-order valence-corrected chi connectivity index (χ3v) is 6.08. The molecule has 0 saturated heterocycles. The summed E-state index contributed by atoms with van der Waals surface area (Å²) < 4.78 is 43.3. The second kappa shape index (κ2) is 9.31. The summed E-state index contributed by atoms with van der Waals surface area (Å²) in [7, 11) is -4.10. The Morgan fingerprint density at radius 1 is 1.00 bits per heavy atom. The fourth-order valence-electron chi connectivity index (χ4n) is 3.12. The van der Waals surface area contributed by atoms with Crippen LogP contribution < -0.4 is 4.18 Å². The molecule has 7 heteroatoms. The summed E-state index contributed by atoms with van der Waals surface area (Å²) >= 11 is 0. The third kappa shape index (κ3) is 5.49. The van der Waals surface area contributed by atoms with Gasteiger partial charge in [-0.1, -0.05) is 30.3 Å². The lowest BCUT2D eigenvalue weighted by Crippen LogP contribution is -2.36. The predicted molar refractivity (Wildman–Crippen MR) is 117 cm³/mol. The minimum absolute atomic E-state index is 0.0698. The van der Waals surface area contributed by atoms with Crippen LogP contribution in [0.5, 0.6) is 5.75 Å². The lowest BCUT2D eigenvalue weighted by Gasteiger charge is -2.27. The summed E-state index contributed by atoms with van der Waals surface area (Å²) in [4.78, 5) is 14.7. The summed E-state index contributed by atoms with van der Waals surface area (Å²) in [6.07, 6.45) is 0. The van der Waals surface area contributed by atoms with E-state index >= 15 is 0 Å². The van der Waals surface area contributed by atoms with Crippen LogP contribution >= 0.6 is 0 Å². The zero-order valence-corrected chi connectivity index (χ0v) is 18.4. The molecule has 0 N–H and O–H groups in total. The van der Waals surface area contributed by atoms with Crippen LogP contribution in [-0.2, 0) is 16.7 Å². The van der Waals surface area contributed by atoms with E-state index < -0.39 is 15.9 Å². The maximum absolute atomic E-state index is 13.1. The van der Waals surface area contributed by atoms with E-state index in [0.717, 1.165) is 35.4 Å². The number of carbonyl (C=O) groups is 1. The molecule has 3 rings (SSSR count). The van der Waals surface area contributed by atoms with Crippen LogP contribution in [0.25, 0.3) is 0 Å². The van der Waals surface area contributed by atoms with Gasteiger partial charge in [0.1, 0.15) is 16.5 Å². The van der Waals surface area contributed by atoms with Crippen LogP contribution in [0.3, 0.4) is 0 Å². The Morgan fingerprint density at radius 2 is 1.68 bits per heavy atom. The molecule has 0 unspecified atom stereocenters. The van der Waals surface area contributed by atoms with E-state index in [2.05, 4.69) is 0 Å². The zero-order chi connectivity index (χ0) is 22.6. The molecule has 0 aromatic heterocycles. The summed E-state index contributed by atoms with van der Waals surface area (Å²) in [6, 6.07) is 18.3. The van der Waals surface area contributed by atoms with Gasteiger partial charge in [0.25, 0.3) is 5.91 Å². The van der Waals surface area contributed by atoms with Gasteiger partial charge in [-0.05, 0) is 74.4 Å². The molecule has 1 amide bonds. The number of benzene rings is 3. The Hall–Kier alpha value is -3.19. The molecule has 0 aliphatic carbocycles. The molecule has 3 aromatic rings. The molecule has 0 radical (unpaired) electrons. The van der Waals surface area contributed by atoms with Crippen molar-refractivity contribution in [1.82, 2.24) is 4.90 Å². The number of rotatable bonds is 7. The van der Waals surface area contributed by atoms with Crippen LogP contribution in [0, 0.1) is 12.7 Å². The molecule has 0 aliphatic heterocycles. The van der Waals surface area contributed by atoms with Crippen molar-refractivity contribution in [1.29, 1.82) is 0 Å². The molecule has 31 heavy (non-hydrogen) atoms. The van der Waals surface area contributed by atoms with Crippen molar-refractivity contribution in [2.75, 3.05) is 0 Å². The number of amides is 1. The van der Waals surface area contributed by atoms with Crippen molar-refractivity contribution >= 4 is 16.0 Å². The largest absolute Gasteiger partial charge is 0.379 e. The Balaban J connectivity index is 1.82. The van der Waals surface area contributed by atoms with Gasteiger partial charge < -0.3 is 9.08 Å². The molecule has 0 heterocycles. The van der Waals surface area contributed by atoms with Crippen molar-refractivity contribution in [3.05, 3.63) is 95.3 Å². The first-order valence-corrected chi connectivity index (χ1v) is 11.2. The van der Waals surface area contributed by atoms with E-state index in [-0.39, 0.29) is 22.6 Å². The summed E-state index contributed by atoms with van der Waals surface area (Å²) in [5, 5.41) is 0. The number of nitrogens with zero attached hydrogens (tertiary/aromatic N) is 1. The number of aryl methyl sites for hydroxylation is 1. The Labute approximate surface area is 182 Å². The average Bonchev–Trinajstić information content (AvgIpc) is 2.72. The quantitative estimate of drug-likeness (QED) is 0.487. The van der Waals surface area contributed by atoms with Crippen molar-refractivity contribution in [2.24, 2.45) is 0 Å². The Kier molecular flexibility index (Phi) is 6.75. The summed E-state index contributed by atoms with van der Waals surface area (Å²) in [5.74, 6) is -0.514. The van der Waals surface area contributed by atoms with Crippen LogP contribution in [0.1, 0.15) is 35.3 Å². The lowest BCUT2D eigenvalue weighted by molar-refractivity contribution is 0.0689. The van der Waals surface area contributed by atoms with E-state index in [1.165, 1.54) is 6.07 Å². The van der Waals surface area contributed by atoms with Gasteiger partial charge >= 0.3 is 10.1 Å². The standard InChI is InChI=1S/C24H24FNO4S/c1-17(2)26(24(27)23-10-5-4-7-18(23)3)16-19-8-6-9-21(15-19)30-31(28,29)22-13-11-20(25)12-14-22/h4-15,17H,16H2,1-3H3. The van der Waals surface area contributed by atoms with Crippen molar-refractivity contribution in [3.8, 4) is 5.75 Å². The number of halogens is 1. The molecule has 0 fully saturated rings. The van der Waals surface area contributed by atoms with Gasteiger partial charge in [-0.2, -0.15) is 8.42 Å². The molecule has 0 saturated carbocycles. The van der Waals surface area contributed by atoms with Crippen LogP contribution in [0.4, 0.5) is 4.39 Å². The fourth-order valence-corrected chi connectivity index (χ4v) is 4.05. The van der Waals surface area contributed by atoms with E-state index in [9.17, 15) is 17.6 Å². The molecule has 0 bridgehead atoms. The van der Waals surface area contributed by atoms with E-state index in [0.29, 0.717) is 12.1 Å². The minimum atomic E-state index is -4.10. The topological polar surface area (TPSA) is 63.7 Å². The summed E-state index contributed by atoms with van der Waals surface area (Å²) in [6.45, 7) is 6.03. The number of hydrogen-bond donors (Lipinski definition) is 0. The van der Waals surface area contributed by atoms with E-state index in [4.69, 9.17) is 4.18 Å². The van der Waals surface area contributed by atoms with Gasteiger partial charge in [-0.15, -0.1) is 0 Å². The average molecular weight is 442 g/mol. The number of hydrogen-bond acceptors (Lipinski definition) is 4. The molecular weight excluding hydrogens is 417 g/mol. The maximum atomic E-state index is 13.1. The first kappa shape index (κ1) is 22.5. The molecule has 0 aliphatic rings. The van der Waals surface area contributed by atoms with Gasteiger partial charge in [-0.3, -0.25) is 4.79 Å². The predicted octanol–water partition coefficient (Wildman–Crippen LogP) is 4.95. The van der Waals surface area contributed by atoms with E-state index in [1.807, 2.05) is 39.0 Å². The summed E-state index contributed by atoms with van der Waals surface area (Å²) in [5.41, 5.74) is 2.24. The van der Waals surface area contributed by atoms with Gasteiger partial charge in [0.15, 0.2) is 0 Å². The third-order valence-electron chi connectivity index (χ3n) is 4.82. The van der Waals surface area contributed by atoms with Crippen LogP contribution in [-0.4, -0.2) is 25.3 Å². The Bertz CT molecular complexity index is 1170. The highest BCUT2D eigenvalue weighted by molar-refractivity contribution is 7.87. The number of carbonyl (C=O) groups excluding carboxylic acids is 1. The van der Waals surface area contributed by atoms with Crippen LogP contribution in [0.2, 0.25) is 0 Å². The zero-order valence-electron chi connectivity index (χ0n) is 17.6. The highest BCUT2D eigenvalue weighted by atomic mass is 32.2. The highest BCUT2D eigenvalue weighted by Gasteiger charge is 2.21. The second-order valence-corrected chi connectivity index (χ2v) is 9.03. The highest BCUT2D eigenvalue weighted by Crippen LogP contribution is 2.22. The van der Waals surface area contributed by atoms with Crippen molar-refractivity contribution < 1.29 is 21.8 Å². The van der Waals surface area contributed by atoms with Crippen molar-refractivity contribution in [3.63, 3.8) is 0 Å². The first-order valence-electron chi connectivity index (χ1n) is 9.83. The second-order valence-electron chi connectivity index (χ2n) is 7.48. The van der Waals surface area contributed by atoms with Gasteiger partial charge in [0.05, 0.1) is 0 Å². The van der Waals surface area contributed by atoms with Crippen LogP contribution in [0.15, 0.2) is 77.7 Å². The normalized spacial score (nSPS) is 11.4. The molecular formula is C24H24FNO4S. The van der Waals surface area contributed by atoms with Gasteiger partial charge in [0.2, 0.25) is 0 Å². The SMILES string of the molecule is Cc1ccccc1C(=O)N(Cc1cccc(OS(=O)(=O)c2ccc(F)cc2)c1)C(C)C.